The molecule has 84 valence electrons. The molecule has 6 nitrogen and oxygen atoms in total. The SMILES string of the molecule is Cc1nccnc1NCCCn1ccnn1. The van der Waals surface area contributed by atoms with E-state index in [2.05, 4.69) is 25.6 Å². The summed E-state index contributed by atoms with van der Waals surface area (Å²) >= 11 is 0. The Bertz CT molecular complexity index is 425. The second-order valence-corrected chi connectivity index (χ2v) is 3.44. The van der Waals surface area contributed by atoms with Crippen molar-refractivity contribution >= 4 is 5.82 Å². The van der Waals surface area contributed by atoms with E-state index in [0.717, 1.165) is 31.0 Å². The number of hydrogen-bond donors (Lipinski definition) is 1. The molecule has 0 aromatic carbocycles. The van der Waals surface area contributed by atoms with Gasteiger partial charge in [0.2, 0.25) is 0 Å². The first-order chi connectivity index (χ1) is 7.86. The van der Waals surface area contributed by atoms with Gasteiger partial charge in [-0.2, -0.15) is 0 Å². The highest BCUT2D eigenvalue weighted by molar-refractivity contribution is 5.37. The van der Waals surface area contributed by atoms with E-state index in [1.807, 2.05) is 17.8 Å². The van der Waals surface area contributed by atoms with Gasteiger partial charge in [-0.05, 0) is 13.3 Å². The first kappa shape index (κ1) is 10.5. The van der Waals surface area contributed by atoms with Crippen molar-refractivity contribution in [2.45, 2.75) is 19.9 Å². The lowest BCUT2D eigenvalue weighted by Crippen LogP contribution is -2.09. The highest BCUT2D eigenvalue weighted by atomic mass is 15.4. The molecule has 0 bridgehead atoms. The molecule has 0 saturated heterocycles. The average Bonchev–Trinajstić information content (AvgIpc) is 2.79. The van der Waals surface area contributed by atoms with Crippen LogP contribution in [0.15, 0.2) is 24.8 Å². The highest BCUT2D eigenvalue weighted by Gasteiger charge is 1.98. The Balaban J connectivity index is 1.74. The zero-order valence-electron chi connectivity index (χ0n) is 9.17. The molecular formula is C10H14N6. The van der Waals surface area contributed by atoms with Crippen LogP contribution in [0.1, 0.15) is 12.1 Å². The summed E-state index contributed by atoms with van der Waals surface area (Å²) in [5.74, 6) is 0.848. The molecule has 0 atom stereocenters. The van der Waals surface area contributed by atoms with Crippen molar-refractivity contribution in [3.8, 4) is 0 Å². The summed E-state index contributed by atoms with van der Waals surface area (Å²) in [4.78, 5) is 8.36. The lowest BCUT2D eigenvalue weighted by molar-refractivity contribution is 0.569. The van der Waals surface area contributed by atoms with Crippen LogP contribution in [-0.4, -0.2) is 31.5 Å². The summed E-state index contributed by atoms with van der Waals surface area (Å²) in [5.41, 5.74) is 0.920. The predicted octanol–water partition coefficient (Wildman–Crippen LogP) is 0.879. The molecule has 2 heterocycles. The highest BCUT2D eigenvalue weighted by Crippen LogP contribution is 2.05. The monoisotopic (exact) mass is 218 g/mol. The standard InChI is InChI=1S/C10H14N6/c1-9-10(13-5-4-11-9)12-3-2-7-16-8-6-14-15-16/h4-6,8H,2-3,7H2,1H3,(H,12,13). The first-order valence-corrected chi connectivity index (χ1v) is 5.22. The lowest BCUT2D eigenvalue weighted by atomic mass is 10.4. The summed E-state index contributed by atoms with van der Waals surface area (Å²) in [6, 6.07) is 0. The van der Waals surface area contributed by atoms with E-state index in [0.29, 0.717) is 0 Å². The number of nitrogens with one attached hydrogen (secondary N) is 1. The van der Waals surface area contributed by atoms with Gasteiger partial charge in [-0.15, -0.1) is 5.10 Å². The van der Waals surface area contributed by atoms with Crippen molar-refractivity contribution in [2.24, 2.45) is 0 Å². The van der Waals surface area contributed by atoms with Crippen LogP contribution in [0, 0.1) is 6.92 Å². The normalized spacial score (nSPS) is 10.3. The molecule has 0 saturated carbocycles. The maximum atomic E-state index is 4.20. The minimum absolute atomic E-state index is 0.847. The van der Waals surface area contributed by atoms with Crippen LogP contribution in [-0.2, 0) is 6.54 Å². The van der Waals surface area contributed by atoms with Gasteiger partial charge in [-0.25, -0.2) is 4.98 Å². The Kier molecular flexibility index (Phi) is 3.42. The van der Waals surface area contributed by atoms with Gasteiger partial charge in [0.05, 0.1) is 11.9 Å². The van der Waals surface area contributed by atoms with Gasteiger partial charge >= 0.3 is 0 Å². The second-order valence-electron chi connectivity index (χ2n) is 3.44. The Labute approximate surface area is 93.7 Å². The largest absolute Gasteiger partial charge is 0.369 e. The van der Waals surface area contributed by atoms with Gasteiger partial charge in [0, 0.05) is 31.7 Å². The van der Waals surface area contributed by atoms with E-state index in [-0.39, 0.29) is 0 Å². The summed E-state index contributed by atoms with van der Waals surface area (Å²) in [6.45, 7) is 3.64. The molecule has 0 aliphatic rings. The van der Waals surface area contributed by atoms with Gasteiger partial charge in [-0.1, -0.05) is 5.21 Å². The quantitative estimate of drug-likeness (QED) is 0.754. The Morgan fingerprint density at radius 3 is 2.88 bits per heavy atom. The number of rotatable bonds is 5. The van der Waals surface area contributed by atoms with Gasteiger partial charge < -0.3 is 5.32 Å². The van der Waals surface area contributed by atoms with Crippen molar-refractivity contribution < 1.29 is 0 Å². The number of aryl methyl sites for hydroxylation is 2. The third-order valence-corrected chi connectivity index (χ3v) is 2.21. The smallest absolute Gasteiger partial charge is 0.147 e. The molecule has 1 N–H and O–H groups in total. The number of aromatic nitrogens is 5. The fourth-order valence-electron chi connectivity index (χ4n) is 1.38. The number of nitrogens with zero attached hydrogens (tertiary/aromatic N) is 5. The van der Waals surface area contributed by atoms with Crippen molar-refractivity contribution in [1.82, 2.24) is 25.0 Å². The van der Waals surface area contributed by atoms with Gasteiger partial charge in [0.1, 0.15) is 5.82 Å². The van der Waals surface area contributed by atoms with Crippen molar-refractivity contribution in [3.05, 3.63) is 30.5 Å². The fourth-order valence-corrected chi connectivity index (χ4v) is 1.38. The fraction of sp³-hybridized carbons (Fsp3) is 0.400. The topological polar surface area (TPSA) is 68.5 Å². The van der Waals surface area contributed by atoms with Crippen LogP contribution in [0.2, 0.25) is 0 Å². The zero-order chi connectivity index (χ0) is 11.2. The second kappa shape index (κ2) is 5.20. The summed E-state index contributed by atoms with van der Waals surface area (Å²) in [6.07, 6.45) is 7.88. The molecule has 16 heavy (non-hydrogen) atoms. The van der Waals surface area contributed by atoms with Crippen LogP contribution < -0.4 is 5.32 Å². The number of anilines is 1. The minimum atomic E-state index is 0.847. The van der Waals surface area contributed by atoms with E-state index < -0.39 is 0 Å². The summed E-state index contributed by atoms with van der Waals surface area (Å²) in [7, 11) is 0. The van der Waals surface area contributed by atoms with E-state index in [4.69, 9.17) is 0 Å². The Morgan fingerprint density at radius 1 is 1.25 bits per heavy atom. The molecule has 0 radical (unpaired) electrons. The van der Waals surface area contributed by atoms with Crippen molar-refractivity contribution in [1.29, 1.82) is 0 Å². The molecule has 0 amide bonds. The first-order valence-electron chi connectivity index (χ1n) is 5.22. The molecule has 2 aromatic heterocycles. The third kappa shape index (κ3) is 2.75. The molecular weight excluding hydrogens is 204 g/mol. The van der Waals surface area contributed by atoms with Crippen LogP contribution in [0.4, 0.5) is 5.82 Å². The molecule has 0 unspecified atom stereocenters. The van der Waals surface area contributed by atoms with Crippen LogP contribution >= 0.6 is 0 Å². The van der Waals surface area contributed by atoms with Crippen molar-refractivity contribution in [3.63, 3.8) is 0 Å². The van der Waals surface area contributed by atoms with E-state index in [1.54, 1.807) is 18.6 Å². The van der Waals surface area contributed by atoms with Gasteiger partial charge in [0.25, 0.3) is 0 Å². The van der Waals surface area contributed by atoms with E-state index >= 15 is 0 Å². The number of hydrogen-bond acceptors (Lipinski definition) is 5. The molecule has 0 fully saturated rings. The van der Waals surface area contributed by atoms with Crippen LogP contribution in [0.5, 0.6) is 0 Å². The summed E-state index contributed by atoms with van der Waals surface area (Å²) < 4.78 is 1.81. The molecule has 6 heteroatoms. The van der Waals surface area contributed by atoms with Crippen LogP contribution in [0.25, 0.3) is 0 Å². The Morgan fingerprint density at radius 2 is 2.12 bits per heavy atom. The van der Waals surface area contributed by atoms with E-state index in [1.165, 1.54) is 0 Å². The Hall–Kier alpha value is -1.98. The molecule has 0 aliphatic carbocycles. The molecule has 2 rings (SSSR count). The van der Waals surface area contributed by atoms with Crippen LogP contribution in [0.3, 0.4) is 0 Å². The summed E-state index contributed by atoms with van der Waals surface area (Å²) in [5, 5.41) is 10.9. The van der Waals surface area contributed by atoms with Crippen molar-refractivity contribution in [2.75, 3.05) is 11.9 Å². The van der Waals surface area contributed by atoms with Gasteiger partial charge in [-0.3, -0.25) is 9.67 Å². The average molecular weight is 218 g/mol. The van der Waals surface area contributed by atoms with Gasteiger partial charge in [0.15, 0.2) is 0 Å². The predicted molar refractivity (Wildman–Crippen MR) is 59.9 cm³/mol. The molecule has 0 spiro atoms. The lowest BCUT2D eigenvalue weighted by Gasteiger charge is -2.06. The third-order valence-electron chi connectivity index (χ3n) is 2.21. The molecule has 0 aliphatic heterocycles. The maximum absolute atomic E-state index is 4.20. The zero-order valence-corrected chi connectivity index (χ0v) is 9.17. The van der Waals surface area contributed by atoms with E-state index in [9.17, 15) is 0 Å². The maximum Gasteiger partial charge on any atom is 0.147 e. The molecule has 2 aromatic rings. The minimum Gasteiger partial charge on any atom is -0.369 e.